The summed E-state index contributed by atoms with van der Waals surface area (Å²) in [5.74, 6) is 0.475. The number of carboxylic acid groups (broad SMARTS) is 1. The zero-order chi connectivity index (χ0) is 15.7. The predicted octanol–water partition coefficient (Wildman–Crippen LogP) is -0.497. The quantitative estimate of drug-likeness (QED) is 0.789. The molecule has 0 aliphatic heterocycles. The van der Waals surface area contributed by atoms with E-state index in [0.29, 0.717) is 18.8 Å². The van der Waals surface area contributed by atoms with Crippen LogP contribution < -0.4 is 11.2 Å². The van der Waals surface area contributed by atoms with Crippen LogP contribution in [0.3, 0.4) is 0 Å². The molecule has 2 N–H and O–H groups in total. The number of nitrogens with zero attached hydrogens (tertiary/aromatic N) is 4. The molecule has 9 nitrogen and oxygen atoms in total. The highest BCUT2D eigenvalue weighted by atomic mass is 16.4. The first-order chi connectivity index (χ1) is 9.86. The van der Waals surface area contributed by atoms with Gasteiger partial charge in [-0.2, -0.15) is 0 Å². The number of aromatic nitrogens is 4. The first-order valence-electron chi connectivity index (χ1n) is 6.49. The number of nitrogens with one attached hydrogen (secondary N) is 1. The van der Waals surface area contributed by atoms with E-state index in [2.05, 4.69) is 9.97 Å². The van der Waals surface area contributed by atoms with Gasteiger partial charge in [0, 0.05) is 33.6 Å². The molecule has 0 aliphatic rings. The average molecular weight is 295 g/mol. The Bertz CT molecular complexity index is 800. The molecule has 0 unspecified atom stereocenters. The van der Waals surface area contributed by atoms with Crippen LogP contribution in [0.1, 0.15) is 12.7 Å². The van der Waals surface area contributed by atoms with E-state index >= 15 is 0 Å². The molecule has 0 saturated heterocycles. The van der Waals surface area contributed by atoms with Gasteiger partial charge >= 0.3 is 11.8 Å². The minimum absolute atomic E-state index is 0.243. The molecule has 2 aromatic heterocycles. The third-order valence-electron chi connectivity index (χ3n) is 3.41. The van der Waals surface area contributed by atoms with E-state index < -0.39 is 17.3 Å². The standard InChI is InChI=1S/C12H17N5O4/c1-4-17(12(20)21)6-5-7-13-8-9(14-7)15(2)11(19)16(3)10(8)18/h4-6H2,1-3H3,(H,13,14)(H,20,21). The van der Waals surface area contributed by atoms with E-state index in [9.17, 15) is 14.4 Å². The lowest BCUT2D eigenvalue weighted by molar-refractivity contribution is 0.148. The molecule has 21 heavy (non-hydrogen) atoms. The van der Waals surface area contributed by atoms with Crippen LogP contribution in [-0.4, -0.2) is 48.3 Å². The molecule has 9 heteroatoms. The molecule has 0 atom stereocenters. The number of carbonyl (C=O) groups is 1. The Morgan fingerprint density at radius 3 is 2.57 bits per heavy atom. The summed E-state index contributed by atoms with van der Waals surface area (Å²) in [7, 11) is 2.93. The fraction of sp³-hybridized carbons (Fsp3) is 0.500. The summed E-state index contributed by atoms with van der Waals surface area (Å²) in [6.45, 7) is 2.38. The molecule has 2 heterocycles. The van der Waals surface area contributed by atoms with Crippen LogP contribution in [0, 0.1) is 0 Å². The summed E-state index contributed by atoms with van der Waals surface area (Å²) >= 11 is 0. The Morgan fingerprint density at radius 2 is 2.00 bits per heavy atom. The third-order valence-corrected chi connectivity index (χ3v) is 3.41. The van der Waals surface area contributed by atoms with Crippen molar-refractivity contribution in [3.05, 3.63) is 26.7 Å². The maximum absolute atomic E-state index is 12.0. The van der Waals surface area contributed by atoms with Crippen molar-refractivity contribution in [3.8, 4) is 0 Å². The number of likely N-dealkylation sites (N-methyl/N-ethyl adjacent to an activating group) is 1. The second kappa shape index (κ2) is 5.43. The van der Waals surface area contributed by atoms with Crippen LogP contribution in [-0.2, 0) is 20.5 Å². The van der Waals surface area contributed by atoms with Gasteiger partial charge in [0.2, 0.25) is 0 Å². The number of hydrogen-bond acceptors (Lipinski definition) is 4. The first kappa shape index (κ1) is 14.8. The molecular weight excluding hydrogens is 278 g/mol. The molecule has 1 amide bonds. The van der Waals surface area contributed by atoms with E-state index in [-0.39, 0.29) is 17.7 Å². The SMILES string of the molecule is CCN(CCc1nc2c([nH]1)c(=O)n(C)c(=O)n2C)C(=O)O. The molecule has 0 aliphatic carbocycles. The fourth-order valence-electron chi connectivity index (χ4n) is 2.12. The molecule has 114 valence electrons. The van der Waals surface area contributed by atoms with Gasteiger partial charge in [-0.3, -0.25) is 13.9 Å². The highest BCUT2D eigenvalue weighted by Crippen LogP contribution is 2.05. The van der Waals surface area contributed by atoms with E-state index in [1.54, 1.807) is 6.92 Å². The lowest BCUT2D eigenvalue weighted by Gasteiger charge is -2.15. The van der Waals surface area contributed by atoms with Crippen molar-refractivity contribution >= 4 is 17.3 Å². The molecule has 0 fully saturated rings. The average Bonchev–Trinajstić information content (AvgIpc) is 2.87. The van der Waals surface area contributed by atoms with Gasteiger partial charge in [0.25, 0.3) is 5.56 Å². The number of fused-ring (bicyclic) bond motifs is 1. The monoisotopic (exact) mass is 295 g/mol. The highest BCUT2D eigenvalue weighted by molar-refractivity contribution is 5.69. The number of hydrogen-bond donors (Lipinski definition) is 2. The van der Waals surface area contributed by atoms with E-state index in [1.807, 2.05) is 0 Å². The minimum Gasteiger partial charge on any atom is -0.465 e. The largest absolute Gasteiger partial charge is 0.465 e. The van der Waals surface area contributed by atoms with Crippen LogP contribution in [0.2, 0.25) is 0 Å². The predicted molar refractivity (Wildman–Crippen MR) is 75.6 cm³/mol. The molecule has 0 saturated carbocycles. The van der Waals surface area contributed by atoms with Gasteiger partial charge in [-0.25, -0.2) is 14.6 Å². The second-order valence-electron chi connectivity index (χ2n) is 4.70. The van der Waals surface area contributed by atoms with Crippen molar-refractivity contribution < 1.29 is 9.90 Å². The van der Waals surface area contributed by atoms with Gasteiger partial charge in [-0.05, 0) is 6.92 Å². The third kappa shape index (κ3) is 2.54. The second-order valence-corrected chi connectivity index (χ2v) is 4.70. The lowest BCUT2D eigenvalue weighted by atomic mass is 10.4. The van der Waals surface area contributed by atoms with Crippen LogP contribution in [0.4, 0.5) is 4.79 Å². The Kier molecular flexibility index (Phi) is 3.83. The van der Waals surface area contributed by atoms with Crippen LogP contribution in [0.15, 0.2) is 9.59 Å². The molecule has 2 aromatic rings. The van der Waals surface area contributed by atoms with Gasteiger partial charge in [0.15, 0.2) is 5.65 Å². The molecule has 0 spiro atoms. The maximum Gasteiger partial charge on any atom is 0.407 e. The van der Waals surface area contributed by atoms with Gasteiger partial charge in [0.05, 0.1) is 0 Å². The van der Waals surface area contributed by atoms with Gasteiger partial charge in [0.1, 0.15) is 11.3 Å². The molecule has 2 rings (SSSR count). The number of rotatable bonds is 4. The number of imidazole rings is 1. The Morgan fingerprint density at radius 1 is 1.33 bits per heavy atom. The van der Waals surface area contributed by atoms with Crippen LogP contribution in [0.25, 0.3) is 11.2 Å². The van der Waals surface area contributed by atoms with Crippen molar-refractivity contribution in [1.82, 2.24) is 24.0 Å². The summed E-state index contributed by atoms with van der Waals surface area (Å²) in [5, 5.41) is 8.95. The summed E-state index contributed by atoms with van der Waals surface area (Å²) in [6, 6.07) is 0. The fourth-order valence-corrected chi connectivity index (χ4v) is 2.12. The summed E-state index contributed by atoms with van der Waals surface area (Å²) in [6.07, 6.45) is -0.663. The summed E-state index contributed by atoms with van der Waals surface area (Å²) in [4.78, 5) is 43.0. The van der Waals surface area contributed by atoms with E-state index in [4.69, 9.17) is 5.11 Å². The number of aryl methyl sites for hydroxylation is 1. The topological polar surface area (TPSA) is 113 Å². The molecule has 0 aromatic carbocycles. The molecular formula is C12H17N5O4. The summed E-state index contributed by atoms with van der Waals surface area (Å²) < 4.78 is 2.28. The maximum atomic E-state index is 12.0. The van der Waals surface area contributed by atoms with Crippen molar-refractivity contribution in [1.29, 1.82) is 0 Å². The number of H-pyrrole nitrogens is 1. The summed E-state index contributed by atoms with van der Waals surface area (Å²) in [5.41, 5.74) is -0.381. The van der Waals surface area contributed by atoms with Crippen LogP contribution >= 0.6 is 0 Å². The van der Waals surface area contributed by atoms with Crippen molar-refractivity contribution in [3.63, 3.8) is 0 Å². The molecule has 0 radical (unpaired) electrons. The van der Waals surface area contributed by atoms with Gasteiger partial charge < -0.3 is 15.0 Å². The minimum atomic E-state index is -1.00. The highest BCUT2D eigenvalue weighted by Gasteiger charge is 2.15. The van der Waals surface area contributed by atoms with E-state index in [0.717, 1.165) is 4.57 Å². The zero-order valence-electron chi connectivity index (χ0n) is 12.1. The number of aromatic amines is 1. The Labute approximate surface area is 119 Å². The normalized spacial score (nSPS) is 11.0. The van der Waals surface area contributed by atoms with Crippen molar-refractivity contribution in [2.75, 3.05) is 13.1 Å². The number of amides is 1. The van der Waals surface area contributed by atoms with Crippen molar-refractivity contribution in [2.45, 2.75) is 13.3 Å². The Hall–Kier alpha value is -2.58. The van der Waals surface area contributed by atoms with Crippen LogP contribution in [0.5, 0.6) is 0 Å². The Balaban J connectivity index is 2.38. The van der Waals surface area contributed by atoms with Crippen molar-refractivity contribution in [2.24, 2.45) is 14.1 Å². The smallest absolute Gasteiger partial charge is 0.407 e. The van der Waals surface area contributed by atoms with E-state index in [1.165, 1.54) is 23.6 Å². The molecule has 0 bridgehead atoms. The zero-order valence-corrected chi connectivity index (χ0v) is 12.1. The van der Waals surface area contributed by atoms with Gasteiger partial charge in [-0.1, -0.05) is 0 Å². The lowest BCUT2D eigenvalue weighted by Crippen LogP contribution is -2.36. The van der Waals surface area contributed by atoms with Gasteiger partial charge in [-0.15, -0.1) is 0 Å². The first-order valence-corrected chi connectivity index (χ1v) is 6.49.